The van der Waals surface area contributed by atoms with Gasteiger partial charge in [0.1, 0.15) is 17.2 Å². The molecule has 2 nitrogen and oxygen atoms in total. The highest BCUT2D eigenvalue weighted by Crippen LogP contribution is 2.31. The molecule has 1 atom stereocenters. The summed E-state index contributed by atoms with van der Waals surface area (Å²) in [5.74, 6) is 0.450. The van der Waals surface area contributed by atoms with Gasteiger partial charge < -0.3 is 9.73 Å². The van der Waals surface area contributed by atoms with Crippen molar-refractivity contribution in [3.63, 3.8) is 0 Å². The Morgan fingerprint density at radius 2 is 1.95 bits per heavy atom. The first-order valence-corrected chi connectivity index (χ1v) is 7.13. The minimum atomic E-state index is -0.421. The van der Waals surface area contributed by atoms with Gasteiger partial charge in [0.25, 0.3) is 0 Å². The van der Waals surface area contributed by atoms with Crippen LogP contribution in [0.25, 0.3) is 11.0 Å². The summed E-state index contributed by atoms with van der Waals surface area (Å²) in [7, 11) is 0. The van der Waals surface area contributed by atoms with Crippen LogP contribution >= 0.6 is 11.6 Å². The molecule has 4 heteroatoms. The molecule has 0 spiro atoms. The SMILES string of the molecule is Cc1c(C(C)Nc2ccc(F)c(Cl)c2)oc2ccccc12. The molecule has 0 fully saturated rings. The zero-order valence-corrected chi connectivity index (χ0v) is 12.5. The van der Waals surface area contributed by atoms with Gasteiger partial charge in [-0.3, -0.25) is 0 Å². The average Bonchev–Trinajstić information content (AvgIpc) is 2.81. The summed E-state index contributed by atoms with van der Waals surface area (Å²) in [5, 5.41) is 4.50. The van der Waals surface area contributed by atoms with E-state index >= 15 is 0 Å². The summed E-state index contributed by atoms with van der Waals surface area (Å²) in [6, 6.07) is 12.5. The lowest BCUT2D eigenvalue weighted by atomic mass is 10.1. The van der Waals surface area contributed by atoms with Gasteiger partial charge in [-0.2, -0.15) is 0 Å². The quantitative estimate of drug-likeness (QED) is 0.670. The van der Waals surface area contributed by atoms with Gasteiger partial charge in [0, 0.05) is 16.6 Å². The van der Waals surface area contributed by atoms with Crippen molar-refractivity contribution in [2.45, 2.75) is 19.9 Å². The van der Waals surface area contributed by atoms with Crippen molar-refractivity contribution in [1.82, 2.24) is 0 Å². The lowest BCUT2D eigenvalue weighted by molar-refractivity contribution is 0.522. The molecule has 0 aliphatic carbocycles. The first-order chi connectivity index (χ1) is 10.1. The molecule has 21 heavy (non-hydrogen) atoms. The third-order valence-electron chi connectivity index (χ3n) is 3.58. The monoisotopic (exact) mass is 303 g/mol. The Labute approximate surface area is 127 Å². The lowest BCUT2D eigenvalue weighted by Gasteiger charge is -2.14. The topological polar surface area (TPSA) is 25.2 Å². The van der Waals surface area contributed by atoms with Crippen LogP contribution in [-0.2, 0) is 0 Å². The van der Waals surface area contributed by atoms with Crippen molar-refractivity contribution in [1.29, 1.82) is 0 Å². The molecule has 2 aromatic carbocycles. The maximum absolute atomic E-state index is 13.2. The number of benzene rings is 2. The average molecular weight is 304 g/mol. The molecule has 3 aromatic rings. The van der Waals surface area contributed by atoms with Crippen LogP contribution in [0.5, 0.6) is 0 Å². The molecule has 0 saturated carbocycles. The van der Waals surface area contributed by atoms with Crippen molar-refractivity contribution >= 4 is 28.3 Å². The zero-order chi connectivity index (χ0) is 15.0. The Morgan fingerprint density at radius 3 is 2.67 bits per heavy atom. The summed E-state index contributed by atoms with van der Waals surface area (Å²) in [5.41, 5.74) is 2.74. The van der Waals surface area contributed by atoms with Gasteiger partial charge in [0.2, 0.25) is 0 Å². The first-order valence-electron chi connectivity index (χ1n) is 6.76. The van der Waals surface area contributed by atoms with E-state index in [0.29, 0.717) is 0 Å². The number of halogens is 2. The largest absolute Gasteiger partial charge is 0.459 e. The molecule has 0 aliphatic heterocycles. The number of anilines is 1. The number of hydrogen-bond acceptors (Lipinski definition) is 2. The minimum absolute atomic E-state index is 0.0427. The molecule has 0 saturated heterocycles. The maximum Gasteiger partial charge on any atom is 0.141 e. The molecular weight excluding hydrogens is 289 g/mol. The Morgan fingerprint density at radius 1 is 1.19 bits per heavy atom. The van der Waals surface area contributed by atoms with Crippen molar-refractivity contribution < 1.29 is 8.81 Å². The summed E-state index contributed by atoms with van der Waals surface area (Å²) in [4.78, 5) is 0. The van der Waals surface area contributed by atoms with E-state index in [1.807, 2.05) is 38.1 Å². The van der Waals surface area contributed by atoms with Crippen LogP contribution < -0.4 is 5.32 Å². The number of fused-ring (bicyclic) bond motifs is 1. The Kier molecular flexibility index (Phi) is 3.60. The molecular formula is C17H15ClFNO. The van der Waals surface area contributed by atoms with E-state index in [-0.39, 0.29) is 11.1 Å². The van der Waals surface area contributed by atoms with Crippen LogP contribution in [0.1, 0.15) is 24.3 Å². The molecule has 1 heterocycles. The number of hydrogen-bond donors (Lipinski definition) is 1. The van der Waals surface area contributed by atoms with Crippen LogP contribution in [0.2, 0.25) is 5.02 Å². The summed E-state index contributed by atoms with van der Waals surface area (Å²) < 4.78 is 19.1. The van der Waals surface area contributed by atoms with Crippen LogP contribution in [0.4, 0.5) is 10.1 Å². The normalized spacial score (nSPS) is 12.6. The number of rotatable bonds is 3. The Bertz CT molecular complexity index is 797. The van der Waals surface area contributed by atoms with Crippen LogP contribution in [0, 0.1) is 12.7 Å². The Hall–Kier alpha value is -2.00. The van der Waals surface area contributed by atoms with E-state index in [1.54, 1.807) is 12.1 Å². The van der Waals surface area contributed by atoms with E-state index in [9.17, 15) is 4.39 Å². The fourth-order valence-corrected chi connectivity index (χ4v) is 2.69. The highest BCUT2D eigenvalue weighted by atomic mass is 35.5. The van der Waals surface area contributed by atoms with E-state index in [0.717, 1.165) is 28.0 Å². The zero-order valence-electron chi connectivity index (χ0n) is 11.8. The fourth-order valence-electron chi connectivity index (χ4n) is 2.51. The maximum atomic E-state index is 13.2. The second-order valence-electron chi connectivity index (χ2n) is 5.08. The second kappa shape index (κ2) is 5.41. The van der Waals surface area contributed by atoms with Gasteiger partial charge >= 0.3 is 0 Å². The molecule has 3 rings (SSSR count). The van der Waals surface area contributed by atoms with E-state index in [1.165, 1.54) is 6.07 Å². The second-order valence-corrected chi connectivity index (χ2v) is 5.49. The number of nitrogens with one attached hydrogen (secondary N) is 1. The van der Waals surface area contributed by atoms with Crippen LogP contribution in [0.3, 0.4) is 0 Å². The standard InChI is InChI=1S/C17H15ClFNO/c1-10-13-5-3-4-6-16(13)21-17(10)11(2)20-12-7-8-15(19)14(18)9-12/h3-9,11,20H,1-2H3. The van der Waals surface area contributed by atoms with Crippen molar-refractivity contribution in [3.8, 4) is 0 Å². The van der Waals surface area contributed by atoms with Gasteiger partial charge in [-0.05, 0) is 38.1 Å². The predicted molar refractivity (Wildman–Crippen MR) is 84.4 cm³/mol. The Balaban J connectivity index is 1.91. The van der Waals surface area contributed by atoms with Gasteiger partial charge in [-0.1, -0.05) is 29.8 Å². The van der Waals surface area contributed by atoms with Gasteiger partial charge in [0.15, 0.2) is 0 Å². The first kappa shape index (κ1) is 14.0. The number of para-hydroxylation sites is 1. The molecule has 1 unspecified atom stereocenters. The number of furan rings is 1. The third-order valence-corrected chi connectivity index (χ3v) is 3.87. The molecule has 0 bridgehead atoms. The van der Waals surface area contributed by atoms with Crippen molar-refractivity contribution in [3.05, 3.63) is 64.6 Å². The van der Waals surface area contributed by atoms with Crippen LogP contribution in [-0.4, -0.2) is 0 Å². The molecule has 108 valence electrons. The van der Waals surface area contributed by atoms with E-state index in [2.05, 4.69) is 5.32 Å². The van der Waals surface area contributed by atoms with Crippen molar-refractivity contribution in [2.24, 2.45) is 0 Å². The van der Waals surface area contributed by atoms with Crippen molar-refractivity contribution in [2.75, 3.05) is 5.32 Å². The van der Waals surface area contributed by atoms with Gasteiger partial charge in [0.05, 0.1) is 11.1 Å². The summed E-state index contributed by atoms with van der Waals surface area (Å²) >= 11 is 5.80. The van der Waals surface area contributed by atoms with E-state index < -0.39 is 5.82 Å². The van der Waals surface area contributed by atoms with Gasteiger partial charge in [-0.15, -0.1) is 0 Å². The highest BCUT2D eigenvalue weighted by Gasteiger charge is 2.16. The molecule has 1 aromatic heterocycles. The molecule has 0 amide bonds. The number of aryl methyl sites for hydroxylation is 1. The van der Waals surface area contributed by atoms with Crippen LogP contribution in [0.15, 0.2) is 46.9 Å². The lowest BCUT2D eigenvalue weighted by Crippen LogP contribution is -2.06. The summed E-state index contributed by atoms with van der Waals surface area (Å²) in [6.07, 6.45) is 0. The minimum Gasteiger partial charge on any atom is -0.459 e. The molecule has 1 N–H and O–H groups in total. The molecule has 0 radical (unpaired) electrons. The molecule has 0 aliphatic rings. The summed E-state index contributed by atoms with van der Waals surface area (Å²) in [6.45, 7) is 4.04. The van der Waals surface area contributed by atoms with Gasteiger partial charge in [-0.25, -0.2) is 4.39 Å². The smallest absolute Gasteiger partial charge is 0.141 e. The van der Waals surface area contributed by atoms with E-state index in [4.69, 9.17) is 16.0 Å². The third kappa shape index (κ3) is 2.61. The highest BCUT2D eigenvalue weighted by molar-refractivity contribution is 6.31. The fraction of sp³-hybridized carbons (Fsp3) is 0.176. The predicted octanol–water partition coefficient (Wildman–Crippen LogP) is 5.71.